The average Bonchev–Trinajstić information content (AvgIpc) is 3.48. The number of aromatic nitrogens is 2. The van der Waals surface area contributed by atoms with Gasteiger partial charge in [0.15, 0.2) is 0 Å². The van der Waals surface area contributed by atoms with Crippen molar-refractivity contribution in [2.24, 2.45) is 0 Å². The molecule has 0 saturated carbocycles. The van der Waals surface area contributed by atoms with Gasteiger partial charge in [-0.05, 0) is 47.9 Å². The minimum atomic E-state index is -4.73. The SMILES string of the molecule is CC(=O)Nc1ccc(NC(=O)C=Cc2cn(-c3ccccc3)nc2-c2cccs2)c(C(F)(F)F)c1. The monoisotopic (exact) mass is 496 g/mol. The molecule has 35 heavy (non-hydrogen) atoms. The van der Waals surface area contributed by atoms with Crippen molar-refractivity contribution < 1.29 is 22.8 Å². The van der Waals surface area contributed by atoms with Crippen LogP contribution in [-0.4, -0.2) is 21.6 Å². The number of anilines is 2. The third kappa shape index (κ3) is 5.85. The van der Waals surface area contributed by atoms with Crippen LogP contribution in [0.3, 0.4) is 0 Å². The molecular weight excluding hydrogens is 477 g/mol. The van der Waals surface area contributed by atoms with Gasteiger partial charge in [-0.25, -0.2) is 4.68 Å². The van der Waals surface area contributed by atoms with Gasteiger partial charge in [-0.3, -0.25) is 9.59 Å². The van der Waals surface area contributed by atoms with Crippen molar-refractivity contribution in [3.8, 4) is 16.3 Å². The van der Waals surface area contributed by atoms with Gasteiger partial charge in [0.05, 0.1) is 21.8 Å². The first-order valence-corrected chi connectivity index (χ1v) is 11.3. The molecule has 0 aliphatic heterocycles. The van der Waals surface area contributed by atoms with Crippen molar-refractivity contribution in [3.63, 3.8) is 0 Å². The molecule has 10 heteroatoms. The van der Waals surface area contributed by atoms with Crippen molar-refractivity contribution >= 4 is 40.6 Å². The van der Waals surface area contributed by atoms with Crippen LogP contribution in [0.2, 0.25) is 0 Å². The van der Waals surface area contributed by atoms with E-state index >= 15 is 0 Å². The number of nitrogens with one attached hydrogen (secondary N) is 2. The molecule has 0 fully saturated rings. The number of alkyl halides is 3. The summed E-state index contributed by atoms with van der Waals surface area (Å²) in [5, 5.41) is 11.1. The van der Waals surface area contributed by atoms with Crippen LogP contribution in [0.25, 0.3) is 22.3 Å². The normalized spacial score (nSPS) is 11.5. The molecular formula is C25H19F3N4O2S. The summed E-state index contributed by atoms with van der Waals surface area (Å²) in [6, 6.07) is 16.3. The lowest BCUT2D eigenvalue weighted by Gasteiger charge is -2.15. The molecule has 178 valence electrons. The highest BCUT2D eigenvalue weighted by atomic mass is 32.1. The largest absolute Gasteiger partial charge is 0.418 e. The molecule has 0 spiro atoms. The maximum absolute atomic E-state index is 13.5. The quantitative estimate of drug-likeness (QED) is 0.311. The molecule has 2 aromatic carbocycles. The van der Waals surface area contributed by atoms with Crippen molar-refractivity contribution in [2.45, 2.75) is 13.1 Å². The molecule has 2 heterocycles. The van der Waals surface area contributed by atoms with E-state index in [1.807, 2.05) is 47.8 Å². The Kier molecular flexibility index (Phi) is 6.83. The highest BCUT2D eigenvalue weighted by Gasteiger charge is 2.34. The maximum atomic E-state index is 13.5. The van der Waals surface area contributed by atoms with Gasteiger partial charge >= 0.3 is 6.18 Å². The zero-order valence-corrected chi connectivity index (χ0v) is 19.2. The Hall–Kier alpha value is -4.18. The first-order chi connectivity index (χ1) is 16.7. The number of nitrogens with zero attached hydrogens (tertiary/aromatic N) is 2. The van der Waals surface area contributed by atoms with Gasteiger partial charge in [0.25, 0.3) is 0 Å². The molecule has 6 nitrogen and oxygen atoms in total. The second-order valence-corrected chi connectivity index (χ2v) is 8.40. The van der Waals surface area contributed by atoms with Gasteiger partial charge in [-0.15, -0.1) is 11.3 Å². The maximum Gasteiger partial charge on any atom is 0.418 e. The van der Waals surface area contributed by atoms with Gasteiger partial charge < -0.3 is 10.6 Å². The van der Waals surface area contributed by atoms with E-state index in [2.05, 4.69) is 15.7 Å². The standard InChI is InChI=1S/C25H19F3N4O2S/c1-16(33)29-18-10-11-21(20(14-18)25(26,27)28)30-23(34)12-9-17-15-32(19-6-3-2-4-7-19)31-24(17)22-8-5-13-35-22/h2-15H,1H3,(H,29,33)(H,30,34). The van der Waals surface area contributed by atoms with Gasteiger partial charge in [-0.2, -0.15) is 18.3 Å². The van der Waals surface area contributed by atoms with E-state index in [0.29, 0.717) is 11.3 Å². The average molecular weight is 497 g/mol. The summed E-state index contributed by atoms with van der Waals surface area (Å²) in [4.78, 5) is 24.6. The number of benzene rings is 2. The van der Waals surface area contributed by atoms with E-state index in [0.717, 1.165) is 28.8 Å². The van der Waals surface area contributed by atoms with Crippen LogP contribution in [0.1, 0.15) is 18.1 Å². The Morgan fingerprint density at radius 2 is 1.80 bits per heavy atom. The number of halogens is 3. The van der Waals surface area contributed by atoms with Crippen LogP contribution in [0.15, 0.2) is 78.3 Å². The molecule has 0 bridgehead atoms. The number of hydrogen-bond donors (Lipinski definition) is 2. The van der Waals surface area contributed by atoms with E-state index in [9.17, 15) is 22.8 Å². The summed E-state index contributed by atoms with van der Waals surface area (Å²) in [6.07, 6.45) is -0.317. The van der Waals surface area contributed by atoms with Gasteiger partial charge in [-0.1, -0.05) is 24.3 Å². The van der Waals surface area contributed by atoms with Crippen LogP contribution in [0, 0.1) is 0 Å². The molecule has 2 aromatic heterocycles. The minimum absolute atomic E-state index is 0.0210. The molecule has 0 aliphatic rings. The highest BCUT2D eigenvalue weighted by Crippen LogP contribution is 2.36. The lowest BCUT2D eigenvalue weighted by atomic mass is 10.1. The lowest BCUT2D eigenvalue weighted by Crippen LogP contribution is -2.16. The lowest BCUT2D eigenvalue weighted by molar-refractivity contribution is -0.137. The van der Waals surface area contributed by atoms with Crippen LogP contribution in [0.4, 0.5) is 24.5 Å². The predicted octanol–water partition coefficient (Wildman–Crippen LogP) is 6.23. The van der Waals surface area contributed by atoms with Crippen molar-refractivity contribution in [2.75, 3.05) is 10.6 Å². The summed E-state index contributed by atoms with van der Waals surface area (Å²) in [6.45, 7) is 1.19. The molecule has 0 radical (unpaired) electrons. The summed E-state index contributed by atoms with van der Waals surface area (Å²) < 4.78 is 42.3. The fraction of sp³-hybridized carbons (Fsp3) is 0.0800. The number of amides is 2. The Bertz CT molecular complexity index is 1380. The zero-order chi connectivity index (χ0) is 25.0. The van der Waals surface area contributed by atoms with Gasteiger partial charge in [0.2, 0.25) is 11.8 Å². The van der Waals surface area contributed by atoms with E-state index < -0.39 is 29.2 Å². The number of carbonyl (C=O) groups is 2. The molecule has 0 unspecified atom stereocenters. The Labute approximate surface area is 202 Å². The molecule has 0 aliphatic carbocycles. The Morgan fingerprint density at radius 1 is 1.03 bits per heavy atom. The number of thiophene rings is 1. The second-order valence-electron chi connectivity index (χ2n) is 7.45. The highest BCUT2D eigenvalue weighted by molar-refractivity contribution is 7.13. The predicted molar refractivity (Wildman–Crippen MR) is 130 cm³/mol. The van der Waals surface area contributed by atoms with Gasteiger partial charge in [0.1, 0.15) is 5.69 Å². The van der Waals surface area contributed by atoms with Crippen LogP contribution in [-0.2, 0) is 15.8 Å². The Morgan fingerprint density at radius 3 is 2.46 bits per heavy atom. The molecule has 4 rings (SSSR count). The smallest absolute Gasteiger partial charge is 0.326 e. The third-order valence-electron chi connectivity index (χ3n) is 4.84. The Balaban J connectivity index is 1.61. The van der Waals surface area contributed by atoms with Crippen molar-refractivity contribution in [3.05, 3.63) is 89.4 Å². The zero-order valence-electron chi connectivity index (χ0n) is 18.3. The van der Waals surface area contributed by atoms with E-state index in [4.69, 9.17) is 0 Å². The van der Waals surface area contributed by atoms with E-state index in [1.165, 1.54) is 30.4 Å². The number of rotatable bonds is 6. The van der Waals surface area contributed by atoms with Crippen LogP contribution >= 0.6 is 11.3 Å². The molecule has 2 N–H and O–H groups in total. The second kappa shape index (κ2) is 9.98. The number of para-hydroxylation sites is 1. The molecule has 0 atom stereocenters. The first kappa shape index (κ1) is 24.0. The van der Waals surface area contributed by atoms with E-state index in [-0.39, 0.29) is 5.69 Å². The summed E-state index contributed by atoms with van der Waals surface area (Å²) in [5.41, 5.74) is 0.587. The van der Waals surface area contributed by atoms with Crippen LogP contribution in [0.5, 0.6) is 0 Å². The summed E-state index contributed by atoms with van der Waals surface area (Å²) >= 11 is 1.48. The topological polar surface area (TPSA) is 76.0 Å². The minimum Gasteiger partial charge on any atom is -0.326 e. The fourth-order valence-corrected chi connectivity index (χ4v) is 4.07. The first-order valence-electron chi connectivity index (χ1n) is 10.4. The third-order valence-corrected chi connectivity index (χ3v) is 5.71. The summed E-state index contributed by atoms with van der Waals surface area (Å²) in [5.74, 6) is -1.25. The number of hydrogen-bond acceptors (Lipinski definition) is 4. The van der Waals surface area contributed by atoms with Crippen molar-refractivity contribution in [1.29, 1.82) is 0 Å². The number of carbonyl (C=O) groups excluding carboxylic acids is 2. The molecule has 4 aromatic rings. The summed E-state index contributed by atoms with van der Waals surface area (Å²) in [7, 11) is 0. The fourth-order valence-electron chi connectivity index (χ4n) is 3.34. The van der Waals surface area contributed by atoms with Gasteiger partial charge in [0, 0.05) is 30.4 Å². The van der Waals surface area contributed by atoms with Crippen molar-refractivity contribution in [1.82, 2.24) is 9.78 Å². The molecule has 2 amide bonds. The van der Waals surface area contributed by atoms with Crippen LogP contribution < -0.4 is 10.6 Å². The molecule has 0 saturated heterocycles. The van der Waals surface area contributed by atoms with E-state index in [1.54, 1.807) is 10.9 Å².